The molecule has 274 valence electrons. The summed E-state index contributed by atoms with van der Waals surface area (Å²) >= 11 is 0. The molecule has 0 amide bonds. The van der Waals surface area contributed by atoms with Crippen molar-refractivity contribution in [1.29, 1.82) is 0 Å². The standard InChI is InChI=1S/C42H55F2N5O2/c1-7-11-21-48(10-4)41(45-6)35-26-46-37(18-16-33(50)25-31-15-17-36(43)34(9-3)29(31)5)39(44)40(35)47-28-51-27-42-19-12-14-38(42)49(22-13-20-42)32-23-30(8-2)24-32/h3,15-17,25-26,30,32,38,50H,5-8,10-14,18-24,27-28H2,1-2,4H3/b31-25-,33-16+,41-35+,47-40+. The summed E-state index contributed by atoms with van der Waals surface area (Å²) < 4.78 is 36.9. The Morgan fingerprint density at radius 3 is 2.73 bits per heavy atom. The third-order valence-electron chi connectivity index (χ3n) is 11.5. The van der Waals surface area contributed by atoms with Crippen molar-refractivity contribution in [2.24, 2.45) is 26.3 Å². The van der Waals surface area contributed by atoms with Crippen molar-refractivity contribution in [2.45, 2.75) is 103 Å². The van der Waals surface area contributed by atoms with E-state index in [1.165, 1.54) is 69.4 Å². The highest BCUT2D eigenvalue weighted by Crippen LogP contribution is 2.51. The van der Waals surface area contributed by atoms with E-state index in [2.05, 4.69) is 52.8 Å². The Bertz CT molecular complexity index is 1750. The van der Waals surface area contributed by atoms with E-state index >= 15 is 4.39 Å². The van der Waals surface area contributed by atoms with Crippen LogP contribution in [0.3, 0.4) is 0 Å². The molecule has 2 aliphatic heterocycles. The number of piperidine rings is 1. The van der Waals surface area contributed by atoms with Crippen LogP contribution in [0.5, 0.6) is 0 Å². The molecule has 2 aliphatic carbocycles. The minimum absolute atomic E-state index is 0.0118. The number of aliphatic hydroxyl groups is 1. The molecule has 9 heteroatoms. The Morgan fingerprint density at radius 2 is 2.02 bits per heavy atom. The van der Waals surface area contributed by atoms with Crippen molar-refractivity contribution in [2.75, 3.05) is 33.0 Å². The first kappa shape index (κ1) is 38.4. The highest BCUT2D eigenvalue weighted by Gasteiger charge is 2.51. The smallest absolute Gasteiger partial charge is 0.170 e. The van der Waals surface area contributed by atoms with E-state index in [0.29, 0.717) is 41.8 Å². The largest absolute Gasteiger partial charge is 0.508 e. The second-order valence-electron chi connectivity index (χ2n) is 14.5. The average Bonchev–Trinajstić information content (AvgIpc) is 3.54. The van der Waals surface area contributed by atoms with Gasteiger partial charge in [0, 0.05) is 43.2 Å². The molecule has 2 atom stereocenters. The lowest BCUT2D eigenvalue weighted by atomic mass is 9.71. The van der Waals surface area contributed by atoms with Gasteiger partial charge in [0.25, 0.3) is 0 Å². The molecule has 0 bridgehead atoms. The van der Waals surface area contributed by atoms with Gasteiger partial charge in [-0.05, 0) is 99.7 Å². The summed E-state index contributed by atoms with van der Waals surface area (Å²) in [4.78, 5) is 18.4. The summed E-state index contributed by atoms with van der Waals surface area (Å²) in [6.07, 6.45) is 21.7. The SMILES string of the molecule is C#Cc1c(F)cc/c(=C/C(O)=C\CC2=C(F)C(=N/COCC34CCCC3N(C3CC(CC)C3)CCC4)/C(=C(\N=C)N(CC)CCCC)C=N2)c1=C. The summed E-state index contributed by atoms with van der Waals surface area (Å²) in [5.74, 6) is 2.38. The fourth-order valence-electron chi connectivity index (χ4n) is 8.48. The number of aliphatic hydroxyl groups excluding tert-OH is 1. The topological polar surface area (TPSA) is 73.0 Å². The molecule has 7 nitrogen and oxygen atoms in total. The van der Waals surface area contributed by atoms with Gasteiger partial charge in [0.2, 0.25) is 0 Å². The van der Waals surface area contributed by atoms with Gasteiger partial charge in [-0.2, -0.15) is 0 Å². The van der Waals surface area contributed by atoms with Crippen LogP contribution in [0.15, 0.2) is 61.9 Å². The number of ether oxygens (including phenoxy) is 1. The Morgan fingerprint density at radius 1 is 1.24 bits per heavy atom. The van der Waals surface area contributed by atoms with Crippen LogP contribution in [0, 0.1) is 29.5 Å². The number of hydrogen-bond donors (Lipinski definition) is 1. The van der Waals surface area contributed by atoms with Crippen LogP contribution < -0.4 is 10.4 Å². The van der Waals surface area contributed by atoms with Crippen LogP contribution in [0.1, 0.15) is 97.0 Å². The summed E-state index contributed by atoms with van der Waals surface area (Å²) in [5, 5.41) is 11.5. The fraction of sp³-hybridized carbons (Fsp3) is 0.548. The first-order valence-corrected chi connectivity index (χ1v) is 18.8. The Balaban J connectivity index is 1.39. The molecule has 51 heavy (non-hydrogen) atoms. The van der Waals surface area contributed by atoms with Gasteiger partial charge in [-0.15, -0.1) is 6.42 Å². The zero-order chi connectivity index (χ0) is 36.5. The molecule has 1 aromatic carbocycles. The van der Waals surface area contributed by atoms with E-state index in [4.69, 9.17) is 16.2 Å². The normalized spacial score (nSPS) is 27.4. The summed E-state index contributed by atoms with van der Waals surface area (Å²) in [6.45, 7) is 17.3. The first-order chi connectivity index (χ1) is 24.7. The monoisotopic (exact) mass is 699 g/mol. The lowest BCUT2D eigenvalue weighted by Gasteiger charge is -2.53. The number of nitrogens with zero attached hydrogens (tertiary/aromatic N) is 5. The van der Waals surface area contributed by atoms with E-state index in [0.717, 1.165) is 38.1 Å². The second-order valence-corrected chi connectivity index (χ2v) is 14.5. The number of hydrogen-bond acceptors (Lipinski definition) is 7. The number of unbranched alkanes of at least 4 members (excludes halogenated alkanes) is 1. The van der Waals surface area contributed by atoms with Crippen LogP contribution in [0.4, 0.5) is 8.78 Å². The highest BCUT2D eigenvalue weighted by atomic mass is 19.1. The van der Waals surface area contributed by atoms with Gasteiger partial charge < -0.3 is 14.7 Å². The number of rotatable bonds is 15. The van der Waals surface area contributed by atoms with Crippen LogP contribution in [0.25, 0.3) is 12.7 Å². The molecule has 3 fully saturated rings. The molecule has 0 radical (unpaired) electrons. The average molecular weight is 700 g/mol. The molecule has 1 N–H and O–H groups in total. The predicted molar refractivity (Wildman–Crippen MR) is 205 cm³/mol. The van der Waals surface area contributed by atoms with E-state index in [-0.39, 0.29) is 46.5 Å². The summed E-state index contributed by atoms with van der Waals surface area (Å²) in [7, 11) is 0. The molecule has 0 spiro atoms. The van der Waals surface area contributed by atoms with Crippen molar-refractivity contribution >= 4 is 31.3 Å². The first-order valence-electron chi connectivity index (χ1n) is 18.8. The molecule has 4 aliphatic rings. The lowest BCUT2D eigenvalue weighted by Crippen LogP contribution is -2.58. The van der Waals surface area contributed by atoms with Crippen molar-refractivity contribution in [3.05, 3.63) is 68.7 Å². The van der Waals surface area contributed by atoms with Gasteiger partial charge in [0.1, 0.15) is 29.8 Å². The molecule has 1 saturated heterocycles. The molecule has 1 aromatic rings. The molecule has 5 rings (SSSR count). The van der Waals surface area contributed by atoms with Crippen molar-refractivity contribution in [3.8, 4) is 12.3 Å². The number of likely N-dealkylation sites (tertiary alicyclic amines) is 1. The second kappa shape index (κ2) is 17.6. The van der Waals surface area contributed by atoms with Gasteiger partial charge >= 0.3 is 0 Å². The van der Waals surface area contributed by atoms with Gasteiger partial charge in [0.05, 0.1) is 23.4 Å². The third kappa shape index (κ3) is 8.45. The quantitative estimate of drug-likeness (QED) is 0.0899. The van der Waals surface area contributed by atoms with Gasteiger partial charge in [-0.3, -0.25) is 14.9 Å². The molecule has 2 saturated carbocycles. The maximum atomic E-state index is 16.5. The zero-order valence-electron chi connectivity index (χ0n) is 30.8. The molecular weight excluding hydrogens is 644 g/mol. The van der Waals surface area contributed by atoms with Crippen molar-refractivity contribution in [1.82, 2.24) is 9.80 Å². The van der Waals surface area contributed by atoms with Crippen molar-refractivity contribution in [3.63, 3.8) is 0 Å². The van der Waals surface area contributed by atoms with Crippen LogP contribution in [-0.2, 0) is 4.74 Å². The van der Waals surface area contributed by atoms with E-state index < -0.39 is 11.6 Å². The minimum Gasteiger partial charge on any atom is -0.508 e. The number of allylic oxidation sites excluding steroid dienone is 4. The third-order valence-corrected chi connectivity index (χ3v) is 11.5. The van der Waals surface area contributed by atoms with E-state index in [9.17, 15) is 9.50 Å². The number of aliphatic imine (C=N–C) groups is 3. The van der Waals surface area contributed by atoms with E-state index in [1.54, 1.807) is 6.21 Å². The maximum Gasteiger partial charge on any atom is 0.170 e. The zero-order valence-corrected chi connectivity index (χ0v) is 30.8. The highest BCUT2D eigenvalue weighted by molar-refractivity contribution is 6.25. The fourth-order valence-corrected chi connectivity index (χ4v) is 8.48. The Kier molecular flexibility index (Phi) is 13.2. The van der Waals surface area contributed by atoms with E-state index in [1.807, 2.05) is 6.92 Å². The number of fused-ring (bicyclic) bond motifs is 1. The molecule has 2 heterocycles. The molecular formula is C42H55F2N5O2. The number of benzene rings is 1. The van der Waals surface area contributed by atoms with Gasteiger partial charge in [0.15, 0.2) is 5.83 Å². The van der Waals surface area contributed by atoms with Gasteiger partial charge in [-0.25, -0.2) is 13.8 Å². The number of terminal acetylenes is 1. The Hall–Kier alpha value is -3.87. The molecule has 2 unspecified atom stereocenters. The Labute approximate surface area is 303 Å². The van der Waals surface area contributed by atoms with Crippen LogP contribution in [0.2, 0.25) is 0 Å². The summed E-state index contributed by atoms with van der Waals surface area (Å²) in [6, 6.07) is 3.96. The molecule has 0 aromatic heterocycles. The van der Waals surface area contributed by atoms with Crippen molar-refractivity contribution < 1.29 is 18.6 Å². The minimum atomic E-state index is -0.599. The predicted octanol–water partition coefficient (Wildman–Crippen LogP) is 7.37. The van der Waals surface area contributed by atoms with Crippen LogP contribution >= 0.6 is 0 Å². The maximum absolute atomic E-state index is 16.5. The van der Waals surface area contributed by atoms with Gasteiger partial charge in [-0.1, -0.05) is 51.7 Å². The summed E-state index contributed by atoms with van der Waals surface area (Å²) in [5.41, 5.74) is 0.839. The number of halogens is 2. The van der Waals surface area contributed by atoms with Crippen LogP contribution in [-0.4, -0.2) is 78.6 Å². The lowest BCUT2D eigenvalue weighted by molar-refractivity contribution is -0.0711.